The molecule has 5 nitrogen and oxygen atoms in total. The third-order valence-corrected chi connectivity index (χ3v) is 4.64. The zero-order chi connectivity index (χ0) is 13.9. The van der Waals surface area contributed by atoms with Crippen molar-refractivity contribution in [1.82, 2.24) is 5.32 Å². The molecular weight excluding hydrogens is 246 g/mol. The number of carbonyl (C=O) groups is 2. The molecule has 1 aliphatic heterocycles. The average molecular weight is 269 g/mol. The lowest BCUT2D eigenvalue weighted by Gasteiger charge is -2.28. The summed E-state index contributed by atoms with van der Waals surface area (Å²) in [6, 6.07) is 0. The molecule has 1 saturated carbocycles. The Bertz CT molecular complexity index is 349. The van der Waals surface area contributed by atoms with Gasteiger partial charge in [-0.2, -0.15) is 0 Å². The summed E-state index contributed by atoms with van der Waals surface area (Å²) < 4.78 is 5.25. The third-order valence-electron chi connectivity index (χ3n) is 4.64. The second-order valence-electron chi connectivity index (χ2n) is 5.81. The summed E-state index contributed by atoms with van der Waals surface area (Å²) in [5.41, 5.74) is 0.250. The number of nitrogens with one attached hydrogen (secondary N) is 1. The van der Waals surface area contributed by atoms with Gasteiger partial charge in [-0.15, -0.1) is 0 Å². The second kappa shape index (κ2) is 5.90. The molecule has 108 valence electrons. The summed E-state index contributed by atoms with van der Waals surface area (Å²) in [5, 5.41) is 11.8. The highest BCUT2D eigenvalue weighted by Gasteiger charge is 2.37. The predicted molar refractivity (Wildman–Crippen MR) is 69.7 cm³/mol. The first kappa shape index (κ1) is 14.3. The van der Waals surface area contributed by atoms with Gasteiger partial charge in [-0.25, -0.2) is 4.79 Å². The first-order valence-electron chi connectivity index (χ1n) is 7.22. The third kappa shape index (κ3) is 3.26. The van der Waals surface area contributed by atoms with Crippen molar-refractivity contribution in [2.75, 3.05) is 6.54 Å². The minimum atomic E-state index is -0.976. The number of carboxylic acid groups (broad SMARTS) is 1. The number of aliphatic carboxylic acids is 1. The number of amides is 1. The Morgan fingerprint density at radius 3 is 2.42 bits per heavy atom. The van der Waals surface area contributed by atoms with E-state index in [0.29, 0.717) is 19.4 Å². The Balaban J connectivity index is 1.80. The standard InChI is InChI=1S/C14H23NO4/c1-2-14(7-3-4-8-14)9-15-12(16)10-5-6-11(19-10)13(17)18/h10-11H,2-9H2,1H3,(H,15,16)(H,17,18). The van der Waals surface area contributed by atoms with Crippen LogP contribution >= 0.6 is 0 Å². The number of carboxylic acids is 1. The molecular formula is C14H23NO4. The molecule has 2 rings (SSSR count). The molecule has 2 fully saturated rings. The van der Waals surface area contributed by atoms with Crippen molar-refractivity contribution in [2.45, 2.75) is 64.1 Å². The van der Waals surface area contributed by atoms with Crippen molar-refractivity contribution in [3.05, 3.63) is 0 Å². The summed E-state index contributed by atoms with van der Waals surface area (Å²) in [4.78, 5) is 22.8. The average Bonchev–Trinajstić information content (AvgIpc) is 3.06. The molecule has 0 aromatic heterocycles. The van der Waals surface area contributed by atoms with Crippen LogP contribution in [0.15, 0.2) is 0 Å². The van der Waals surface area contributed by atoms with Crippen molar-refractivity contribution >= 4 is 11.9 Å². The van der Waals surface area contributed by atoms with Crippen LogP contribution in [0.5, 0.6) is 0 Å². The van der Waals surface area contributed by atoms with Crippen LogP contribution in [-0.2, 0) is 14.3 Å². The molecule has 0 aromatic carbocycles. The van der Waals surface area contributed by atoms with Gasteiger partial charge in [-0.1, -0.05) is 19.8 Å². The molecule has 19 heavy (non-hydrogen) atoms. The molecule has 0 spiro atoms. The van der Waals surface area contributed by atoms with Gasteiger partial charge in [0.2, 0.25) is 5.91 Å². The minimum absolute atomic E-state index is 0.150. The van der Waals surface area contributed by atoms with Gasteiger partial charge >= 0.3 is 5.97 Å². The zero-order valence-electron chi connectivity index (χ0n) is 11.5. The summed E-state index contributed by atoms with van der Waals surface area (Å²) in [6.07, 6.45) is 5.43. The van der Waals surface area contributed by atoms with Gasteiger partial charge in [0.15, 0.2) is 6.10 Å². The van der Waals surface area contributed by atoms with E-state index in [1.54, 1.807) is 0 Å². The Morgan fingerprint density at radius 2 is 1.89 bits per heavy atom. The Kier molecular flexibility index (Phi) is 4.45. The van der Waals surface area contributed by atoms with E-state index in [-0.39, 0.29) is 11.3 Å². The Hall–Kier alpha value is -1.10. The molecule has 5 heteroatoms. The normalized spacial score (nSPS) is 29.3. The number of ether oxygens (including phenoxy) is 1. The van der Waals surface area contributed by atoms with Gasteiger partial charge in [0, 0.05) is 6.54 Å². The van der Waals surface area contributed by atoms with Crippen LogP contribution in [0.25, 0.3) is 0 Å². The summed E-state index contributed by atoms with van der Waals surface area (Å²) in [7, 11) is 0. The largest absolute Gasteiger partial charge is 0.479 e. The number of rotatable bonds is 5. The van der Waals surface area contributed by atoms with E-state index >= 15 is 0 Å². The first-order chi connectivity index (χ1) is 9.06. The molecule has 2 unspecified atom stereocenters. The minimum Gasteiger partial charge on any atom is -0.479 e. The van der Waals surface area contributed by atoms with Crippen molar-refractivity contribution in [3.8, 4) is 0 Å². The van der Waals surface area contributed by atoms with Gasteiger partial charge < -0.3 is 15.2 Å². The van der Waals surface area contributed by atoms with Gasteiger partial charge in [0.25, 0.3) is 0 Å². The van der Waals surface area contributed by atoms with Crippen LogP contribution in [-0.4, -0.2) is 35.7 Å². The molecule has 0 radical (unpaired) electrons. The quantitative estimate of drug-likeness (QED) is 0.796. The molecule has 2 aliphatic rings. The smallest absolute Gasteiger partial charge is 0.332 e. The van der Waals surface area contributed by atoms with Gasteiger partial charge in [-0.05, 0) is 37.5 Å². The summed E-state index contributed by atoms with van der Waals surface area (Å²) >= 11 is 0. The molecule has 1 aliphatic carbocycles. The van der Waals surface area contributed by atoms with Gasteiger partial charge in [-0.3, -0.25) is 4.79 Å². The van der Waals surface area contributed by atoms with Crippen LogP contribution < -0.4 is 5.32 Å². The number of carbonyl (C=O) groups excluding carboxylic acids is 1. The molecule has 1 amide bonds. The maximum absolute atomic E-state index is 12.0. The van der Waals surface area contributed by atoms with Crippen LogP contribution in [0.2, 0.25) is 0 Å². The van der Waals surface area contributed by atoms with Crippen molar-refractivity contribution in [1.29, 1.82) is 0 Å². The van der Waals surface area contributed by atoms with Crippen molar-refractivity contribution in [3.63, 3.8) is 0 Å². The summed E-state index contributed by atoms with van der Waals surface area (Å²) in [6.45, 7) is 2.87. The number of hydrogen-bond acceptors (Lipinski definition) is 3. The Labute approximate surface area is 113 Å². The van der Waals surface area contributed by atoms with E-state index in [2.05, 4.69) is 12.2 Å². The van der Waals surface area contributed by atoms with E-state index in [0.717, 1.165) is 6.42 Å². The van der Waals surface area contributed by atoms with E-state index in [1.165, 1.54) is 25.7 Å². The monoisotopic (exact) mass is 269 g/mol. The lowest BCUT2D eigenvalue weighted by Crippen LogP contribution is -2.41. The van der Waals surface area contributed by atoms with E-state index in [9.17, 15) is 9.59 Å². The first-order valence-corrected chi connectivity index (χ1v) is 7.22. The van der Waals surface area contributed by atoms with Crippen LogP contribution in [0.4, 0.5) is 0 Å². The highest BCUT2D eigenvalue weighted by molar-refractivity contribution is 5.82. The maximum atomic E-state index is 12.0. The molecule has 1 heterocycles. The fourth-order valence-electron chi connectivity index (χ4n) is 3.18. The number of hydrogen-bond donors (Lipinski definition) is 2. The SMILES string of the molecule is CCC1(CNC(=O)C2CCC(C(=O)O)O2)CCCC1. The zero-order valence-corrected chi connectivity index (χ0v) is 11.5. The highest BCUT2D eigenvalue weighted by Crippen LogP contribution is 2.40. The molecule has 0 aromatic rings. The van der Waals surface area contributed by atoms with E-state index < -0.39 is 18.2 Å². The van der Waals surface area contributed by atoms with Crippen molar-refractivity contribution in [2.24, 2.45) is 5.41 Å². The molecule has 1 saturated heterocycles. The van der Waals surface area contributed by atoms with Crippen LogP contribution in [0, 0.1) is 5.41 Å². The highest BCUT2D eigenvalue weighted by atomic mass is 16.5. The van der Waals surface area contributed by atoms with E-state index in [4.69, 9.17) is 9.84 Å². The Morgan fingerprint density at radius 1 is 1.26 bits per heavy atom. The summed E-state index contributed by atoms with van der Waals surface area (Å²) in [5.74, 6) is -1.13. The topological polar surface area (TPSA) is 75.6 Å². The van der Waals surface area contributed by atoms with Crippen LogP contribution in [0.1, 0.15) is 51.9 Å². The predicted octanol–water partition coefficient (Wildman–Crippen LogP) is 1.71. The molecule has 2 N–H and O–H groups in total. The van der Waals surface area contributed by atoms with Gasteiger partial charge in [0.1, 0.15) is 6.10 Å². The fourth-order valence-corrected chi connectivity index (χ4v) is 3.18. The fraction of sp³-hybridized carbons (Fsp3) is 0.857. The maximum Gasteiger partial charge on any atom is 0.332 e. The molecule has 0 bridgehead atoms. The lowest BCUT2D eigenvalue weighted by molar-refractivity contribution is -0.151. The van der Waals surface area contributed by atoms with Crippen molar-refractivity contribution < 1.29 is 19.4 Å². The lowest BCUT2D eigenvalue weighted by atomic mass is 9.83. The second-order valence-corrected chi connectivity index (χ2v) is 5.81. The van der Waals surface area contributed by atoms with Crippen LogP contribution in [0.3, 0.4) is 0 Å². The molecule has 2 atom stereocenters. The van der Waals surface area contributed by atoms with E-state index in [1.807, 2.05) is 0 Å². The van der Waals surface area contributed by atoms with Gasteiger partial charge in [0.05, 0.1) is 0 Å².